The van der Waals surface area contributed by atoms with Crippen molar-refractivity contribution in [1.82, 2.24) is 15.6 Å². The van der Waals surface area contributed by atoms with E-state index in [1.807, 2.05) is 30.3 Å². The molecule has 146 valence electrons. The van der Waals surface area contributed by atoms with Crippen LogP contribution in [-0.4, -0.2) is 31.1 Å². The molecular formula is C20H20F2N4O2. The normalized spacial score (nSPS) is 11.3. The van der Waals surface area contributed by atoms with Gasteiger partial charge in [-0.2, -0.15) is 0 Å². The Morgan fingerprint density at radius 1 is 1.14 bits per heavy atom. The standard InChI is InChI=1S/C20H20F2N4O2/c1-23-20(24-9-10-27-18-8-7-15(21)11-17(18)22)25-12-16-13-28-19(26-16)14-5-3-2-4-6-14/h2-8,11,13H,9-10,12H2,1H3,(H2,23,24,25). The first kappa shape index (κ1) is 19.3. The van der Waals surface area contributed by atoms with Gasteiger partial charge in [-0.05, 0) is 24.3 Å². The van der Waals surface area contributed by atoms with Gasteiger partial charge in [0.15, 0.2) is 17.5 Å². The van der Waals surface area contributed by atoms with Crippen molar-refractivity contribution in [2.75, 3.05) is 20.2 Å². The van der Waals surface area contributed by atoms with Crippen molar-refractivity contribution >= 4 is 5.96 Å². The van der Waals surface area contributed by atoms with E-state index in [0.717, 1.165) is 23.4 Å². The Labute approximate surface area is 161 Å². The van der Waals surface area contributed by atoms with Crippen LogP contribution in [0, 0.1) is 11.6 Å². The minimum absolute atomic E-state index is 0.00202. The fourth-order valence-corrected chi connectivity index (χ4v) is 2.42. The third-order valence-electron chi connectivity index (χ3n) is 3.78. The number of halogens is 2. The van der Waals surface area contributed by atoms with Gasteiger partial charge in [0.1, 0.15) is 18.7 Å². The van der Waals surface area contributed by atoms with Crippen molar-refractivity contribution in [3.05, 3.63) is 72.1 Å². The lowest BCUT2D eigenvalue weighted by atomic mass is 10.2. The second-order valence-corrected chi connectivity index (χ2v) is 5.79. The van der Waals surface area contributed by atoms with Crippen LogP contribution in [0.3, 0.4) is 0 Å². The molecule has 6 nitrogen and oxygen atoms in total. The van der Waals surface area contributed by atoms with Crippen LogP contribution >= 0.6 is 0 Å². The molecule has 0 aliphatic carbocycles. The summed E-state index contributed by atoms with van der Waals surface area (Å²) >= 11 is 0. The average molecular weight is 386 g/mol. The van der Waals surface area contributed by atoms with Crippen molar-refractivity contribution in [3.8, 4) is 17.2 Å². The van der Waals surface area contributed by atoms with Crippen molar-refractivity contribution in [1.29, 1.82) is 0 Å². The summed E-state index contributed by atoms with van der Waals surface area (Å²) in [4.78, 5) is 8.53. The molecule has 0 aliphatic rings. The maximum Gasteiger partial charge on any atom is 0.226 e. The summed E-state index contributed by atoms with van der Waals surface area (Å²) in [5.41, 5.74) is 1.63. The van der Waals surface area contributed by atoms with Crippen LogP contribution < -0.4 is 15.4 Å². The minimum Gasteiger partial charge on any atom is -0.489 e. The number of nitrogens with zero attached hydrogens (tertiary/aromatic N) is 2. The molecule has 2 N–H and O–H groups in total. The van der Waals surface area contributed by atoms with Crippen LogP contribution in [0.15, 0.2) is 64.2 Å². The average Bonchev–Trinajstić information content (AvgIpc) is 3.18. The number of benzene rings is 2. The fourth-order valence-electron chi connectivity index (χ4n) is 2.42. The van der Waals surface area contributed by atoms with Gasteiger partial charge in [-0.3, -0.25) is 4.99 Å². The maximum absolute atomic E-state index is 13.5. The summed E-state index contributed by atoms with van der Waals surface area (Å²) in [6.07, 6.45) is 1.59. The highest BCUT2D eigenvalue weighted by atomic mass is 19.1. The Bertz CT molecular complexity index is 929. The number of aliphatic imine (C=N–C) groups is 1. The molecular weight excluding hydrogens is 366 g/mol. The molecule has 0 atom stereocenters. The molecule has 0 spiro atoms. The Kier molecular flexibility index (Phi) is 6.56. The smallest absolute Gasteiger partial charge is 0.226 e. The lowest BCUT2D eigenvalue weighted by Gasteiger charge is -2.12. The SMILES string of the molecule is CN=C(NCCOc1ccc(F)cc1F)NCc1coc(-c2ccccc2)n1. The maximum atomic E-state index is 13.5. The summed E-state index contributed by atoms with van der Waals surface area (Å²) in [6.45, 7) is 0.986. The Morgan fingerprint density at radius 3 is 2.71 bits per heavy atom. The molecule has 1 heterocycles. The Morgan fingerprint density at radius 2 is 1.96 bits per heavy atom. The highest BCUT2D eigenvalue weighted by molar-refractivity contribution is 5.79. The third-order valence-corrected chi connectivity index (χ3v) is 3.78. The predicted octanol–water partition coefficient (Wildman–Crippen LogP) is 3.36. The molecule has 0 unspecified atom stereocenters. The first-order valence-corrected chi connectivity index (χ1v) is 8.68. The first-order valence-electron chi connectivity index (χ1n) is 8.68. The Balaban J connectivity index is 1.43. The zero-order valence-corrected chi connectivity index (χ0v) is 15.3. The van der Waals surface area contributed by atoms with Gasteiger partial charge in [0.2, 0.25) is 5.89 Å². The van der Waals surface area contributed by atoms with Gasteiger partial charge in [-0.25, -0.2) is 13.8 Å². The molecule has 8 heteroatoms. The van der Waals surface area contributed by atoms with E-state index in [9.17, 15) is 8.78 Å². The highest BCUT2D eigenvalue weighted by Crippen LogP contribution is 2.18. The van der Waals surface area contributed by atoms with Gasteiger partial charge in [-0.1, -0.05) is 18.2 Å². The summed E-state index contributed by atoms with van der Waals surface area (Å²) in [5, 5.41) is 6.14. The van der Waals surface area contributed by atoms with Gasteiger partial charge in [0.25, 0.3) is 0 Å². The predicted molar refractivity (Wildman–Crippen MR) is 102 cm³/mol. The number of oxazole rings is 1. The van der Waals surface area contributed by atoms with E-state index in [-0.39, 0.29) is 12.4 Å². The molecule has 3 rings (SSSR count). The second kappa shape index (κ2) is 9.50. The van der Waals surface area contributed by atoms with Crippen LogP contribution in [0.1, 0.15) is 5.69 Å². The van der Waals surface area contributed by atoms with Crippen molar-refractivity contribution in [2.45, 2.75) is 6.54 Å². The molecule has 0 saturated carbocycles. The lowest BCUT2D eigenvalue weighted by Crippen LogP contribution is -2.39. The summed E-state index contributed by atoms with van der Waals surface area (Å²) < 4.78 is 37.1. The largest absolute Gasteiger partial charge is 0.489 e. The van der Waals surface area contributed by atoms with Crippen LogP contribution in [0.2, 0.25) is 0 Å². The highest BCUT2D eigenvalue weighted by Gasteiger charge is 2.07. The van der Waals surface area contributed by atoms with Crippen molar-refractivity contribution < 1.29 is 17.9 Å². The molecule has 28 heavy (non-hydrogen) atoms. The number of ether oxygens (including phenoxy) is 1. The number of aromatic nitrogens is 1. The van der Waals surface area contributed by atoms with Crippen LogP contribution in [0.4, 0.5) is 8.78 Å². The molecule has 0 fully saturated rings. The summed E-state index contributed by atoms with van der Waals surface area (Å²) in [7, 11) is 1.63. The molecule has 2 aromatic carbocycles. The molecule has 0 aliphatic heterocycles. The monoisotopic (exact) mass is 386 g/mol. The van der Waals surface area contributed by atoms with E-state index in [0.29, 0.717) is 24.9 Å². The van der Waals surface area contributed by atoms with Crippen LogP contribution in [-0.2, 0) is 6.54 Å². The number of nitrogens with one attached hydrogen (secondary N) is 2. The van der Waals surface area contributed by atoms with E-state index in [1.54, 1.807) is 13.3 Å². The van der Waals surface area contributed by atoms with Gasteiger partial charge >= 0.3 is 0 Å². The van der Waals surface area contributed by atoms with Gasteiger partial charge in [0.05, 0.1) is 18.8 Å². The Hall–Kier alpha value is -3.42. The molecule has 3 aromatic rings. The van der Waals surface area contributed by atoms with Crippen LogP contribution in [0.5, 0.6) is 5.75 Å². The number of hydrogen-bond donors (Lipinski definition) is 2. The van der Waals surface area contributed by atoms with Gasteiger partial charge in [0, 0.05) is 18.7 Å². The minimum atomic E-state index is -0.734. The van der Waals surface area contributed by atoms with Crippen molar-refractivity contribution in [3.63, 3.8) is 0 Å². The third kappa shape index (κ3) is 5.29. The quantitative estimate of drug-likeness (QED) is 0.370. The van der Waals surface area contributed by atoms with Crippen molar-refractivity contribution in [2.24, 2.45) is 4.99 Å². The zero-order valence-electron chi connectivity index (χ0n) is 15.3. The molecule has 0 bridgehead atoms. The summed E-state index contributed by atoms with van der Waals surface area (Å²) in [5.74, 6) is -0.289. The second-order valence-electron chi connectivity index (χ2n) is 5.79. The molecule has 0 radical (unpaired) electrons. The summed E-state index contributed by atoms with van der Waals surface area (Å²) in [6, 6.07) is 12.8. The van der Waals surface area contributed by atoms with Gasteiger partial charge in [-0.15, -0.1) is 0 Å². The topological polar surface area (TPSA) is 71.7 Å². The number of hydrogen-bond acceptors (Lipinski definition) is 4. The molecule has 1 aromatic heterocycles. The van der Waals surface area contributed by atoms with Gasteiger partial charge < -0.3 is 19.8 Å². The fraction of sp³-hybridized carbons (Fsp3) is 0.200. The van der Waals surface area contributed by atoms with E-state index in [1.165, 1.54) is 6.07 Å². The number of rotatable bonds is 7. The number of guanidine groups is 1. The zero-order chi connectivity index (χ0) is 19.8. The molecule has 0 amide bonds. The van der Waals surface area contributed by atoms with E-state index in [4.69, 9.17) is 9.15 Å². The first-order chi connectivity index (χ1) is 13.7. The van der Waals surface area contributed by atoms with E-state index >= 15 is 0 Å². The van der Waals surface area contributed by atoms with E-state index < -0.39 is 11.6 Å². The van der Waals surface area contributed by atoms with E-state index in [2.05, 4.69) is 20.6 Å². The molecule has 0 saturated heterocycles. The lowest BCUT2D eigenvalue weighted by molar-refractivity contribution is 0.304. The van der Waals surface area contributed by atoms with Crippen LogP contribution in [0.25, 0.3) is 11.5 Å².